The van der Waals surface area contributed by atoms with Gasteiger partial charge in [0.2, 0.25) is 0 Å². The van der Waals surface area contributed by atoms with Gasteiger partial charge in [-0.2, -0.15) is 0 Å². The van der Waals surface area contributed by atoms with E-state index in [1.165, 1.54) is 119 Å². The summed E-state index contributed by atoms with van der Waals surface area (Å²) >= 11 is 7.57. The van der Waals surface area contributed by atoms with E-state index in [2.05, 4.69) is 144 Å². The van der Waals surface area contributed by atoms with Gasteiger partial charge in [0.25, 0.3) is 0 Å². The number of nitrogens with zero attached hydrogens (tertiary/aromatic N) is 2. The van der Waals surface area contributed by atoms with Crippen molar-refractivity contribution in [2.75, 3.05) is 0 Å². The lowest BCUT2D eigenvalue weighted by molar-refractivity contribution is 1.42. The van der Waals surface area contributed by atoms with E-state index in [-0.39, 0.29) is 0 Å². The number of rotatable bonds is 0. The van der Waals surface area contributed by atoms with E-state index in [0.717, 1.165) is 11.0 Å². The number of hydrogen-bond acceptors (Lipinski definition) is 6. The van der Waals surface area contributed by atoms with Gasteiger partial charge in [-0.3, -0.25) is 9.97 Å². The van der Waals surface area contributed by atoms with Crippen LogP contribution in [0, 0.1) is 6.92 Å². The zero-order valence-corrected chi connectivity index (χ0v) is 33.7. The van der Waals surface area contributed by atoms with Gasteiger partial charge in [0.15, 0.2) is 0 Å². The number of thiophene rings is 4. The third-order valence-electron chi connectivity index (χ3n) is 11.6. The van der Waals surface area contributed by atoms with Crippen molar-refractivity contribution in [3.05, 3.63) is 157 Å². The standard InChI is InChI=1S/C27H16S2.C24H12N2S2/c1-15-6-7-20-22-13-27-23(14-26(22)28-24(20)8-15)21-11-18-9-16-4-2-3-5-17(16)10-19(18)12-25(21)29-27;1-3-13-7-21-15(9-19(13)25-5-1)17-11-24-18(12-23(17)27-21)16-10-20-14(4-2-6-26-20)8-22(16)28-24/h2-14H,1H3;1-12H. The third kappa shape index (κ3) is 4.98. The molecule has 0 spiro atoms. The maximum absolute atomic E-state index is 4.55. The monoisotopic (exact) mass is 796 g/mol. The number of benzene rings is 8. The normalized spacial score (nSPS) is 12.3. The molecule has 266 valence electrons. The highest BCUT2D eigenvalue weighted by molar-refractivity contribution is 7.28. The van der Waals surface area contributed by atoms with Gasteiger partial charge in [0.1, 0.15) is 0 Å². The molecule has 0 bridgehead atoms. The van der Waals surface area contributed by atoms with E-state index in [4.69, 9.17) is 0 Å². The minimum Gasteiger partial charge on any atom is -0.256 e. The highest BCUT2D eigenvalue weighted by Gasteiger charge is 2.14. The molecule has 0 aliphatic carbocycles. The van der Waals surface area contributed by atoms with Crippen molar-refractivity contribution >= 4 is 169 Å². The minimum absolute atomic E-state index is 1.06. The highest BCUT2D eigenvalue weighted by Crippen LogP contribution is 2.45. The van der Waals surface area contributed by atoms with Crippen molar-refractivity contribution in [1.29, 1.82) is 0 Å². The Morgan fingerprint density at radius 2 is 0.684 bits per heavy atom. The summed E-state index contributed by atoms with van der Waals surface area (Å²) < 4.78 is 10.8. The lowest BCUT2D eigenvalue weighted by Gasteiger charge is -2.03. The molecule has 8 aromatic carbocycles. The maximum Gasteiger partial charge on any atom is 0.0709 e. The van der Waals surface area contributed by atoms with Crippen LogP contribution in [-0.2, 0) is 0 Å². The predicted molar refractivity (Wildman–Crippen MR) is 255 cm³/mol. The molecule has 57 heavy (non-hydrogen) atoms. The first kappa shape index (κ1) is 32.1. The lowest BCUT2D eigenvalue weighted by atomic mass is 10.0. The second-order valence-corrected chi connectivity index (χ2v) is 19.4. The van der Waals surface area contributed by atoms with Crippen molar-refractivity contribution in [1.82, 2.24) is 9.97 Å². The van der Waals surface area contributed by atoms with Crippen LogP contribution in [0.2, 0.25) is 0 Å². The smallest absolute Gasteiger partial charge is 0.0709 e. The Kier molecular flexibility index (Phi) is 6.76. The van der Waals surface area contributed by atoms with Gasteiger partial charge in [-0.25, -0.2) is 0 Å². The summed E-state index contributed by atoms with van der Waals surface area (Å²) in [4.78, 5) is 9.09. The van der Waals surface area contributed by atoms with Crippen molar-refractivity contribution < 1.29 is 0 Å². The summed E-state index contributed by atoms with van der Waals surface area (Å²) in [5.74, 6) is 0. The molecule has 6 heterocycles. The number of fused-ring (bicyclic) bond motifs is 16. The summed E-state index contributed by atoms with van der Waals surface area (Å²) in [5, 5.41) is 18.5. The van der Waals surface area contributed by atoms with Crippen molar-refractivity contribution in [3.8, 4) is 0 Å². The van der Waals surface area contributed by atoms with E-state index in [9.17, 15) is 0 Å². The first-order valence-corrected chi connectivity index (χ1v) is 22.3. The van der Waals surface area contributed by atoms with Gasteiger partial charge in [-0.1, -0.05) is 48.5 Å². The maximum atomic E-state index is 4.55. The average molecular weight is 797 g/mol. The zero-order chi connectivity index (χ0) is 37.4. The first-order valence-electron chi connectivity index (χ1n) is 19.0. The summed E-state index contributed by atoms with van der Waals surface area (Å²) in [7, 11) is 0. The second kappa shape index (κ2) is 12.0. The number of aromatic nitrogens is 2. The molecule has 0 atom stereocenters. The van der Waals surface area contributed by atoms with Crippen LogP contribution >= 0.6 is 45.3 Å². The van der Waals surface area contributed by atoms with Gasteiger partial charge in [-0.15, -0.1) is 45.3 Å². The fourth-order valence-electron chi connectivity index (χ4n) is 8.76. The van der Waals surface area contributed by atoms with E-state index in [0.29, 0.717) is 0 Å². The molecule has 2 nitrogen and oxygen atoms in total. The molecule has 0 aliphatic heterocycles. The molecule has 0 aliphatic rings. The molecule has 6 heteroatoms. The van der Waals surface area contributed by atoms with Crippen LogP contribution in [0.1, 0.15) is 5.56 Å². The van der Waals surface area contributed by atoms with E-state index < -0.39 is 0 Å². The average Bonchev–Trinajstić information content (AvgIpc) is 3.97. The molecule has 0 N–H and O–H groups in total. The number of hydrogen-bond donors (Lipinski definition) is 0. The fourth-order valence-corrected chi connectivity index (χ4v) is 13.5. The molecule has 0 unspecified atom stereocenters. The number of pyridine rings is 2. The molecular formula is C51H28N2S4. The van der Waals surface area contributed by atoms with Gasteiger partial charge >= 0.3 is 0 Å². The van der Waals surface area contributed by atoms with E-state index in [1.807, 2.05) is 69.9 Å². The number of aryl methyl sites for hydroxylation is 1. The molecule has 0 saturated carbocycles. The minimum atomic E-state index is 1.06. The molecular weight excluding hydrogens is 769 g/mol. The molecule has 0 fully saturated rings. The fraction of sp³-hybridized carbons (Fsp3) is 0.0196. The summed E-state index contributed by atoms with van der Waals surface area (Å²) in [6, 6.07) is 51.7. The van der Waals surface area contributed by atoms with Crippen LogP contribution in [0.25, 0.3) is 124 Å². The molecule has 0 saturated heterocycles. The Hall–Kier alpha value is -6.02. The topological polar surface area (TPSA) is 25.8 Å². The lowest BCUT2D eigenvalue weighted by Crippen LogP contribution is -1.77. The van der Waals surface area contributed by atoms with Gasteiger partial charge in [-0.05, 0) is 125 Å². The SMILES string of the molecule is Cc1ccc2c(c1)sc1cc3c(cc12)sc1cc2cc4ccccc4cc2cc13.c1cnc2cc3c(cc2c1)sc1cc2c(cc13)sc1cc3cccnc3cc12. The van der Waals surface area contributed by atoms with Crippen LogP contribution in [0.5, 0.6) is 0 Å². The molecule has 14 rings (SSSR count). The highest BCUT2D eigenvalue weighted by atomic mass is 32.1. The molecule has 6 aromatic heterocycles. The van der Waals surface area contributed by atoms with Crippen molar-refractivity contribution in [2.24, 2.45) is 0 Å². The zero-order valence-electron chi connectivity index (χ0n) is 30.5. The quantitative estimate of drug-likeness (QED) is 0.143. The second-order valence-electron chi connectivity index (χ2n) is 15.1. The Balaban J connectivity index is 0.000000119. The predicted octanol–water partition coefficient (Wildman–Crippen LogP) is 16.6. The van der Waals surface area contributed by atoms with Crippen LogP contribution in [0.15, 0.2) is 152 Å². The van der Waals surface area contributed by atoms with Crippen molar-refractivity contribution in [2.45, 2.75) is 6.92 Å². The Morgan fingerprint density at radius 1 is 0.298 bits per heavy atom. The van der Waals surface area contributed by atoms with E-state index in [1.54, 1.807) is 0 Å². The molecule has 14 aromatic rings. The largest absolute Gasteiger partial charge is 0.256 e. The summed E-state index contributed by atoms with van der Waals surface area (Å²) in [6.45, 7) is 2.17. The summed E-state index contributed by atoms with van der Waals surface area (Å²) in [6.07, 6.45) is 3.73. The van der Waals surface area contributed by atoms with Crippen LogP contribution in [-0.4, -0.2) is 9.97 Å². The summed E-state index contributed by atoms with van der Waals surface area (Å²) in [5.41, 5.74) is 3.45. The molecule has 0 amide bonds. The molecule has 0 radical (unpaired) electrons. The first-order chi connectivity index (χ1) is 28.1. The van der Waals surface area contributed by atoms with Crippen LogP contribution in [0.3, 0.4) is 0 Å². The Bertz CT molecular complexity index is 3880. The van der Waals surface area contributed by atoms with Gasteiger partial charge in [0.05, 0.1) is 11.0 Å². The van der Waals surface area contributed by atoms with Crippen LogP contribution < -0.4 is 0 Å². The van der Waals surface area contributed by atoms with Crippen molar-refractivity contribution in [3.63, 3.8) is 0 Å². The van der Waals surface area contributed by atoms with Gasteiger partial charge in [0, 0.05) is 104 Å². The van der Waals surface area contributed by atoms with E-state index >= 15 is 0 Å². The third-order valence-corrected chi connectivity index (χ3v) is 16.0. The van der Waals surface area contributed by atoms with Gasteiger partial charge < -0.3 is 0 Å². The van der Waals surface area contributed by atoms with Crippen LogP contribution in [0.4, 0.5) is 0 Å². The Morgan fingerprint density at radius 3 is 1.21 bits per heavy atom. The Labute approximate surface area is 341 Å².